The first-order chi connectivity index (χ1) is 13.5. The Morgan fingerprint density at radius 3 is 2.86 bits per heavy atom. The van der Waals surface area contributed by atoms with Gasteiger partial charge in [-0.2, -0.15) is 4.98 Å². The van der Waals surface area contributed by atoms with Gasteiger partial charge in [0.1, 0.15) is 6.20 Å². The average molecular weight is 406 g/mol. The number of esters is 1. The molecule has 1 fully saturated rings. The highest BCUT2D eigenvalue weighted by molar-refractivity contribution is 6.30. The summed E-state index contributed by atoms with van der Waals surface area (Å²) in [7, 11) is 1.35. The highest BCUT2D eigenvalue weighted by atomic mass is 35.5. The van der Waals surface area contributed by atoms with Crippen molar-refractivity contribution in [2.45, 2.75) is 19.3 Å². The van der Waals surface area contributed by atoms with E-state index in [2.05, 4.69) is 15.3 Å². The monoisotopic (exact) mass is 405 g/mol. The fourth-order valence-corrected chi connectivity index (χ4v) is 3.32. The third kappa shape index (κ3) is 4.86. The normalized spacial score (nSPS) is 16.5. The predicted octanol–water partition coefficient (Wildman–Crippen LogP) is 3.56. The molecular weight excluding hydrogens is 386 g/mol. The number of nitrogens with one attached hydrogen (secondary N) is 1. The van der Waals surface area contributed by atoms with Gasteiger partial charge >= 0.3 is 11.7 Å². The Balaban J connectivity index is 1.84. The van der Waals surface area contributed by atoms with Crippen LogP contribution in [0.4, 0.5) is 23.1 Å². The molecule has 1 aliphatic heterocycles. The van der Waals surface area contributed by atoms with E-state index in [0.29, 0.717) is 23.8 Å². The molecule has 0 spiro atoms. The quantitative estimate of drug-likeness (QED) is 0.441. The molecule has 2 aromatic rings. The maximum absolute atomic E-state index is 11.6. The summed E-state index contributed by atoms with van der Waals surface area (Å²) in [6, 6.07) is 6.97. The number of ether oxygens (including phenoxy) is 1. The second-order valence-corrected chi connectivity index (χ2v) is 6.96. The first-order valence-corrected chi connectivity index (χ1v) is 9.20. The van der Waals surface area contributed by atoms with Crippen molar-refractivity contribution in [3.8, 4) is 0 Å². The second-order valence-electron chi connectivity index (χ2n) is 6.53. The van der Waals surface area contributed by atoms with Crippen LogP contribution < -0.4 is 10.2 Å². The molecule has 1 N–H and O–H groups in total. The molecule has 0 bridgehead atoms. The molecule has 0 saturated carbocycles. The van der Waals surface area contributed by atoms with Crippen LogP contribution in [0, 0.1) is 16.0 Å². The Bertz CT molecular complexity index is 862. The van der Waals surface area contributed by atoms with Crippen molar-refractivity contribution in [3.63, 3.8) is 0 Å². The van der Waals surface area contributed by atoms with Crippen molar-refractivity contribution in [1.82, 2.24) is 9.97 Å². The van der Waals surface area contributed by atoms with Crippen molar-refractivity contribution in [2.24, 2.45) is 5.92 Å². The number of anilines is 3. The Kier molecular flexibility index (Phi) is 6.25. The average Bonchev–Trinajstić information content (AvgIpc) is 2.69. The van der Waals surface area contributed by atoms with Crippen LogP contribution >= 0.6 is 11.6 Å². The zero-order chi connectivity index (χ0) is 20.1. The maximum Gasteiger partial charge on any atom is 0.329 e. The highest BCUT2D eigenvalue weighted by Crippen LogP contribution is 2.31. The Morgan fingerprint density at radius 1 is 1.43 bits per heavy atom. The van der Waals surface area contributed by atoms with E-state index in [9.17, 15) is 14.9 Å². The summed E-state index contributed by atoms with van der Waals surface area (Å²) in [6.07, 6.45) is 3.15. The molecule has 0 amide bonds. The molecular formula is C18H20ClN5O4. The van der Waals surface area contributed by atoms with Gasteiger partial charge in [0.05, 0.1) is 12.0 Å². The van der Waals surface area contributed by atoms with E-state index >= 15 is 0 Å². The largest absolute Gasteiger partial charge is 0.469 e. The van der Waals surface area contributed by atoms with Crippen molar-refractivity contribution >= 4 is 40.7 Å². The summed E-state index contributed by atoms with van der Waals surface area (Å²) in [5.41, 5.74) is 0.548. The third-order valence-corrected chi connectivity index (χ3v) is 4.80. The second kappa shape index (κ2) is 8.83. The van der Waals surface area contributed by atoms with Crippen LogP contribution in [0.1, 0.15) is 19.3 Å². The first-order valence-electron chi connectivity index (χ1n) is 8.82. The van der Waals surface area contributed by atoms with E-state index in [0.717, 1.165) is 12.8 Å². The van der Waals surface area contributed by atoms with Crippen LogP contribution in [-0.2, 0) is 9.53 Å². The lowest BCUT2D eigenvalue weighted by atomic mass is 9.95. The molecule has 3 rings (SSSR count). The zero-order valence-corrected chi connectivity index (χ0v) is 16.1. The van der Waals surface area contributed by atoms with E-state index in [1.165, 1.54) is 13.3 Å². The van der Waals surface area contributed by atoms with Gasteiger partial charge < -0.3 is 15.0 Å². The molecule has 1 aromatic carbocycles. The molecule has 1 aromatic heterocycles. The lowest BCUT2D eigenvalue weighted by Crippen LogP contribution is -2.37. The van der Waals surface area contributed by atoms with E-state index in [1.54, 1.807) is 24.3 Å². The first kappa shape index (κ1) is 19.8. The smallest absolute Gasteiger partial charge is 0.329 e. The van der Waals surface area contributed by atoms with Gasteiger partial charge in [-0.15, -0.1) is 0 Å². The molecule has 148 valence electrons. The minimum Gasteiger partial charge on any atom is -0.469 e. The van der Waals surface area contributed by atoms with Gasteiger partial charge in [-0.1, -0.05) is 11.6 Å². The highest BCUT2D eigenvalue weighted by Gasteiger charge is 2.29. The van der Waals surface area contributed by atoms with Crippen LogP contribution in [-0.4, -0.2) is 41.1 Å². The standard InChI is InChI=1S/C18H20ClN5O4/c1-28-16(25)9-12-3-2-8-23(11-12)17-15(24(26)27)10-20-18(22-17)21-14-6-4-13(19)5-7-14/h4-7,10,12H,2-3,8-9,11H2,1H3,(H,20,21,22). The van der Waals surface area contributed by atoms with Gasteiger partial charge in [0.15, 0.2) is 0 Å². The van der Waals surface area contributed by atoms with Crippen molar-refractivity contribution in [1.29, 1.82) is 0 Å². The predicted molar refractivity (Wildman–Crippen MR) is 105 cm³/mol. The van der Waals surface area contributed by atoms with Crippen molar-refractivity contribution in [3.05, 3.63) is 45.6 Å². The molecule has 10 heteroatoms. The molecule has 1 saturated heterocycles. The lowest BCUT2D eigenvalue weighted by molar-refractivity contribution is -0.384. The van der Waals surface area contributed by atoms with Crippen LogP contribution in [0.2, 0.25) is 5.02 Å². The summed E-state index contributed by atoms with van der Waals surface area (Å²) in [6.45, 7) is 1.11. The summed E-state index contributed by atoms with van der Waals surface area (Å²) in [4.78, 5) is 32.8. The zero-order valence-electron chi connectivity index (χ0n) is 15.3. The number of nitrogens with zero attached hydrogens (tertiary/aromatic N) is 4. The van der Waals surface area contributed by atoms with Crippen LogP contribution in [0.25, 0.3) is 0 Å². The van der Waals surface area contributed by atoms with Crippen molar-refractivity contribution in [2.75, 3.05) is 30.4 Å². The number of hydrogen-bond acceptors (Lipinski definition) is 8. The number of hydrogen-bond donors (Lipinski definition) is 1. The third-order valence-electron chi connectivity index (χ3n) is 4.55. The Morgan fingerprint density at radius 2 is 2.18 bits per heavy atom. The Hall–Kier alpha value is -2.94. The molecule has 1 atom stereocenters. The van der Waals surface area contributed by atoms with E-state index in [1.807, 2.05) is 4.90 Å². The van der Waals surface area contributed by atoms with Crippen LogP contribution in [0.5, 0.6) is 0 Å². The number of carbonyl (C=O) groups excluding carboxylic acids is 1. The summed E-state index contributed by atoms with van der Waals surface area (Å²) < 4.78 is 4.74. The number of halogens is 1. The topological polar surface area (TPSA) is 110 Å². The number of piperidine rings is 1. The fraction of sp³-hybridized carbons (Fsp3) is 0.389. The lowest BCUT2D eigenvalue weighted by Gasteiger charge is -2.32. The van der Waals surface area contributed by atoms with Gasteiger partial charge in [-0.3, -0.25) is 14.9 Å². The van der Waals surface area contributed by atoms with Crippen LogP contribution in [0.15, 0.2) is 30.5 Å². The van der Waals surface area contributed by atoms with Gasteiger partial charge in [-0.05, 0) is 43.0 Å². The number of methoxy groups -OCH3 is 1. The van der Waals surface area contributed by atoms with E-state index < -0.39 is 4.92 Å². The molecule has 2 heterocycles. The molecule has 28 heavy (non-hydrogen) atoms. The summed E-state index contributed by atoms with van der Waals surface area (Å²) >= 11 is 5.88. The Labute approximate surface area is 166 Å². The molecule has 1 unspecified atom stereocenters. The number of carbonyl (C=O) groups is 1. The van der Waals surface area contributed by atoms with Crippen molar-refractivity contribution < 1.29 is 14.5 Å². The number of nitro groups is 1. The minimum atomic E-state index is -0.495. The van der Waals surface area contributed by atoms with Gasteiger partial charge in [0.2, 0.25) is 11.8 Å². The molecule has 9 nitrogen and oxygen atoms in total. The SMILES string of the molecule is COC(=O)CC1CCCN(c2nc(Nc3ccc(Cl)cc3)ncc2[N+](=O)[O-])C1. The number of rotatable bonds is 6. The minimum absolute atomic E-state index is 0.0587. The molecule has 0 radical (unpaired) electrons. The summed E-state index contributed by atoms with van der Waals surface area (Å²) in [5, 5.41) is 15.1. The van der Waals surface area contributed by atoms with Gasteiger partial charge in [0, 0.05) is 30.2 Å². The van der Waals surface area contributed by atoms with E-state index in [4.69, 9.17) is 16.3 Å². The fourth-order valence-electron chi connectivity index (χ4n) is 3.19. The number of benzene rings is 1. The molecule has 1 aliphatic rings. The van der Waals surface area contributed by atoms with Crippen LogP contribution in [0.3, 0.4) is 0 Å². The van der Waals surface area contributed by atoms with Gasteiger partial charge in [-0.25, -0.2) is 4.98 Å². The number of aromatic nitrogens is 2. The van der Waals surface area contributed by atoms with Gasteiger partial charge in [0.25, 0.3) is 0 Å². The van der Waals surface area contributed by atoms with E-state index in [-0.39, 0.29) is 35.8 Å². The molecule has 0 aliphatic carbocycles. The summed E-state index contributed by atoms with van der Waals surface area (Å²) in [5.74, 6) is 0.265. The maximum atomic E-state index is 11.6.